The molecule has 0 spiro atoms. The monoisotopic (exact) mass is 398 g/mol. The molecular formula is C19H18N4O2S2. The Labute approximate surface area is 164 Å². The first kappa shape index (κ1) is 17.7. The fourth-order valence-corrected chi connectivity index (χ4v) is 5.52. The number of benzene rings is 1. The molecule has 2 aromatic heterocycles. The Morgan fingerprint density at radius 3 is 2.37 bits per heavy atom. The number of primary amides is 1. The van der Waals surface area contributed by atoms with Crippen LogP contribution in [0, 0.1) is 0 Å². The van der Waals surface area contributed by atoms with E-state index in [2.05, 4.69) is 10.6 Å². The number of nitrogens with zero attached hydrogens (tertiary/aromatic N) is 1. The lowest BCUT2D eigenvalue weighted by Gasteiger charge is -2.13. The normalized spacial score (nSPS) is 13.0. The highest BCUT2D eigenvalue weighted by atomic mass is 32.2. The van der Waals surface area contributed by atoms with Crippen molar-refractivity contribution in [3.63, 3.8) is 0 Å². The van der Waals surface area contributed by atoms with E-state index in [1.54, 1.807) is 35.6 Å². The van der Waals surface area contributed by atoms with E-state index in [4.69, 9.17) is 5.73 Å². The lowest BCUT2D eigenvalue weighted by atomic mass is 10.1. The van der Waals surface area contributed by atoms with E-state index in [0.29, 0.717) is 11.4 Å². The molecule has 0 saturated heterocycles. The maximum absolute atomic E-state index is 13.1. The van der Waals surface area contributed by atoms with E-state index in [9.17, 15) is 9.59 Å². The van der Waals surface area contributed by atoms with Gasteiger partial charge >= 0.3 is 6.03 Å². The summed E-state index contributed by atoms with van der Waals surface area (Å²) in [4.78, 5) is 25.3. The Morgan fingerprint density at radius 2 is 1.70 bits per heavy atom. The second kappa shape index (κ2) is 7.50. The highest BCUT2D eigenvalue weighted by Crippen LogP contribution is 2.38. The average Bonchev–Trinajstić information content (AvgIpc) is 3.30. The van der Waals surface area contributed by atoms with E-state index in [-0.39, 0.29) is 5.91 Å². The number of anilines is 2. The maximum Gasteiger partial charge on any atom is 0.316 e. The summed E-state index contributed by atoms with van der Waals surface area (Å²) in [7, 11) is 0. The van der Waals surface area contributed by atoms with Crippen LogP contribution in [0.3, 0.4) is 0 Å². The summed E-state index contributed by atoms with van der Waals surface area (Å²) in [5, 5.41) is 6.44. The molecule has 3 amide bonds. The van der Waals surface area contributed by atoms with Gasteiger partial charge < -0.3 is 20.9 Å². The molecule has 1 aliphatic heterocycles. The molecule has 0 bridgehead atoms. The van der Waals surface area contributed by atoms with Crippen LogP contribution in [0.2, 0.25) is 0 Å². The third-order valence-corrected chi connectivity index (χ3v) is 6.69. The second-order valence-corrected chi connectivity index (χ2v) is 8.29. The minimum absolute atomic E-state index is 0.112. The molecular weight excluding hydrogens is 380 g/mol. The SMILES string of the molecule is NC(=O)Nc1ccc(NC(=O)c2c(-n3cccc3)sc3c2CCSC3)cc1. The smallest absolute Gasteiger partial charge is 0.316 e. The van der Waals surface area contributed by atoms with Gasteiger partial charge in [-0.15, -0.1) is 11.3 Å². The number of nitrogens with one attached hydrogen (secondary N) is 2. The van der Waals surface area contributed by atoms with Gasteiger partial charge in [-0.2, -0.15) is 11.8 Å². The molecule has 8 heteroatoms. The van der Waals surface area contributed by atoms with Crippen molar-refractivity contribution in [3.05, 3.63) is 64.8 Å². The molecule has 0 fully saturated rings. The minimum atomic E-state index is -0.620. The van der Waals surface area contributed by atoms with Gasteiger partial charge in [0.05, 0.1) is 5.56 Å². The summed E-state index contributed by atoms with van der Waals surface area (Å²) < 4.78 is 2.00. The summed E-state index contributed by atoms with van der Waals surface area (Å²) in [5.74, 6) is 1.87. The van der Waals surface area contributed by atoms with Crippen molar-refractivity contribution in [2.24, 2.45) is 5.73 Å². The molecule has 138 valence electrons. The molecule has 0 radical (unpaired) electrons. The number of carbonyl (C=O) groups excluding carboxylic acids is 2. The van der Waals surface area contributed by atoms with Crippen LogP contribution >= 0.6 is 23.1 Å². The topological polar surface area (TPSA) is 89.2 Å². The number of nitrogens with two attached hydrogens (primary N) is 1. The Hall–Kier alpha value is -2.71. The number of rotatable bonds is 4. The van der Waals surface area contributed by atoms with Gasteiger partial charge in [-0.05, 0) is 54.1 Å². The molecule has 3 heterocycles. The Bertz CT molecular complexity index is 978. The highest BCUT2D eigenvalue weighted by Gasteiger charge is 2.26. The van der Waals surface area contributed by atoms with Crippen LogP contribution in [-0.4, -0.2) is 22.3 Å². The predicted octanol–water partition coefficient (Wildman–Crippen LogP) is 4.07. The third-order valence-electron chi connectivity index (χ3n) is 4.28. The predicted molar refractivity (Wildman–Crippen MR) is 111 cm³/mol. The largest absolute Gasteiger partial charge is 0.351 e. The van der Waals surface area contributed by atoms with E-state index < -0.39 is 6.03 Å². The minimum Gasteiger partial charge on any atom is -0.351 e. The number of hydrogen-bond acceptors (Lipinski definition) is 4. The molecule has 0 unspecified atom stereocenters. The first-order valence-corrected chi connectivity index (χ1v) is 10.4. The Morgan fingerprint density at radius 1 is 1.04 bits per heavy atom. The molecule has 27 heavy (non-hydrogen) atoms. The number of thioether (sulfide) groups is 1. The van der Waals surface area contributed by atoms with Gasteiger partial charge in [0.25, 0.3) is 5.91 Å². The van der Waals surface area contributed by atoms with E-state index in [0.717, 1.165) is 34.1 Å². The van der Waals surface area contributed by atoms with Crippen molar-refractivity contribution in [2.45, 2.75) is 12.2 Å². The number of fused-ring (bicyclic) bond motifs is 1. The zero-order valence-electron chi connectivity index (χ0n) is 14.4. The van der Waals surface area contributed by atoms with Crippen LogP contribution in [0.15, 0.2) is 48.8 Å². The van der Waals surface area contributed by atoms with Gasteiger partial charge in [0, 0.05) is 34.4 Å². The van der Waals surface area contributed by atoms with Crippen molar-refractivity contribution in [2.75, 3.05) is 16.4 Å². The molecule has 0 saturated carbocycles. The molecule has 4 N–H and O–H groups in total. The highest BCUT2D eigenvalue weighted by molar-refractivity contribution is 7.98. The van der Waals surface area contributed by atoms with Crippen LogP contribution in [0.1, 0.15) is 20.8 Å². The van der Waals surface area contributed by atoms with Crippen LogP contribution in [0.5, 0.6) is 0 Å². The third kappa shape index (κ3) is 3.72. The summed E-state index contributed by atoms with van der Waals surface area (Å²) in [6.45, 7) is 0. The number of urea groups is 1. The van der Waals surface area contributed by atoms with Gasteiger partial charge in [-0.25, -0.2) is 4.79 Å². The maximum atomic E-state index is 13.1. The van der Waals surface area contributed by atoms with Gasteiger partial charge in [-0.3, -0.25) is 4.79 Å². The fraction of sp³-hybridized carbons (Fsp3) is 0.158. The fourth-order valence-electron chi connectivity index (χ4n) is 3.08. The average molecular weight is 399 g/mol. The molecule has 4 rings (SSSR count). The number of carbonyl (C=O) groups is 2. The van der Waals surface area contributed by atoms with E-state index in [1.165, 1.54) is 4.88 Å². The van der Waals surface area contributed by atoms with Crippen LogP contribution < -0.4 is 16.4 Å². The Balaban J connectivity index is 1.63. The Kier molecular flexibility index (Phi) is 4.91. The number of hydrogen-bond donors (Lipinski definition) is 3. The number of thiophene rings is 1. The van der Waals surface area contributed by atoms with Crippen molar-refractivity contribution in [1.82, 2.24) is 4.57 Å². The molecule has 0 aliphatic carbocycles. The van der Waals surface area contributed by atoms with Crippen LogP contribution in [-0.2, 0) is 12.2 Å². The molecule has 0 atom stereocenters. The lowest BCUT2D eigenvalue weighted by Crippen LogP contribution is -2.19. The van der Waals surface area contributed by atoms with Gasteiger partial charge in [0.2, 0.25) is 0 Å². The summed E-state index contributed by atoms with van der Waals surface area (Å²) in [5.41, 5.74) is 8.27. The number of amides is 3. The van der Waals surface area contributed by atoms with Crippen molar-refractivity contribution >= 4 is 46.4 Å². The van der Waals surface area contributed by atoms with Crippen molar-refractivity contribution < 1.29 is 9.59 Å². The zero-order valence-corrected chi connectivity index (χ0v) is 16.0. The van der Waals surface area contributed by atoms with Crippen LogP contribution in [0.25, 0.3) is 5.00 Å². The second-order valence-electron chi connectivity index (χ2n) is 6.10. The summed E-state index contributed by atoms with van der Waals surface area (Å²) >= 11 is 3.59. The summed E-state index contributed by atoms with van der Waals surface area (Å²) in [6, 6.07) is 10.2. The quantitative estimate of drug-likeness (QED) is 0.619. The molecule has 1 aromatic carbocycles. The van der Waals surface area contributed by atoms with Gasteiger partial charge in [0.15, 0.2) is 0 Å². The molecule has 1 aliphatic rings. The van der Waals surface area contributed by atoms with Gasteiger partial charge in [-0.1, -0.05) is 0 Å². The zero-order chi connectivity index (χ0) is 18.8. The number of aromatic nitrogens is 1. The van der Waals surface area contributed by atoms with Gasteiger partial charge in [0.1, 0.15) is 5.00 Å². The van der Waals surface area contributed by atoms with Crippen LogP contribution in [0.4, 0.5) is 16.2 Å². The first-order chi connectivity index (χ1) is 13.1. The van der Waals surface area contributed by atoms with Crippen molar-refractivity contribution in [3.8, 4) is 5.00 Å². The molecule has 6 nitrogen and oxygen atoms in total. The standard InChI is InChI=1S/C19H18N4O2S2/c20-19(25)22-13-5-3-12(4-6-13)21-17(24)16-14-7-10-26-11-15(14)27-18(16)23-8-1-2-9-23/h1-6,8-9H,7,10-11H2,(H,21,24)(H3,20,22,25). The van der Waals surface area contributed by atoms with E-state index >= 15 is 0 Å². The first-order valence-electron chi connectivity index (χ1n) is 8.45. The van der Waals surface area contributed by atoms with E-state index in [1.807, 2.05) is 40.9 Å². The summed E-state index contributed by atoms with van der Waals surface area (Å²) in [6.07, 6.45) is 4.83. The molecule has 3 aromatic rings. The lowest BCUT2D eigenvalue weighted by molar-refractivity contribution is 0.102. The van der Waals surface area contributed by atoms with Crippen molar-refractivity contribution in [1.29, 1.82) is 0 Å².